The van der Waals surface area contributed by atoms with Crippen LogP contribution in [0.1, 0.15) is 132 Å². The first-order valence-electron chi connectivity index (χ1n) is 20.0. The SMILES string of the molecule is CC(C)C1=C2[C@H]3CC[C@@H]4[C@@]5(C)CC[C@H](OC(=O)CC(C)(C)C(N)=O)C(C)(C)[C@@H]5CC[C@@]4(C)[C@]3(C)CC[C@@]2(Cc2nnc(-c3ccccc3Cl)o2)CC1=O. The Morgan fingerprint density at radius 1 is 0.962 bits per heavy atom. The lowest BCUT2D eigenvalue weighted by Gasteiger charge is -2.72. The van der Waals surface area contributed by atoms with Crippen molar-refractivity contribution in [1.82, 2.24) is 10.2 Å². The molecule has 2 N–H and O–H groups in total. The van der Waals surface area contributed by atoms with E-state index < -0.39 is 11.3 Å². The van der Waals surface area contributed by atoms with E-state index in [1.807, 2.05) is 24.3 Å². The molecule has 288 valence electrons. The van der Waals surface area contributed by atoms with Gasteiger partial charge in [0.1, 0.15) is 6.10 Å². The van der Waals surface area contributed by atoms with Gasteiger partial charge in [-0.05, 0) is 109 Å². The van der Waals surface area contributed by atoms with Crippen LogP contribution in [0.2, 0.25) is 5.02 Å². The Balaban J connectivity index is 1.18. The molecule has 4 saturated carbocycles. The molecule has 5 aliphatic rings. The number of allylic oxidation sites excluding steroid dienone is 2. The summed E-state index contributed by atoms with van der Waals surface area (Å²) in [7, 11) is 0. The number of primary amides is 1. The summed E-state index contributed by atoms with van der Waals surface area (Å²) in [6.07, 6.45) is 9.04. The van der Waals surface area contributed by atoms with E-state index in [9.17, 15) is 14.4 Å². The lowest BCUT2D eigenvalue weighted by Crippen LogP contribution is -2.65. The number of fused-ring (bicyclic) bond motifs is 7. The molecule has 1 amide bonds. The maximum atomic E-state index is 14.1. The van der Waals surface area contributed by atoms with E-state index in [-0.39, 0.29) is 51.5 Å². The average molecular weight is 746 g/mol. The van der Waals surface area contributed by atoms with Crippen molar-refractivity contribution in [2.75, 3.05) is 0 Å². The van der Waals surface area contributed by atoms with Crippen LogP contribution in [0, 0.1) is 56.2 Å². The molecule has 0 bridgehead atoms. The van der Waals surface area contributed by atoms with E-state index in [1.54, 1.807) is 13.8 Å². The van der Waals surface area contributed by atoms with Crippen molar-refractivity contribution in [2.45, 2.75) is 139 Å². The Kier molecular flexibility index (Phi) is 9.23. The van der Waals surface area contributed by atoms with Crippen LogP contribution in [0.3, 0.4) is 0 Å². The molecule has 0 saturated heterocycles. The highest BCUT2D eigenvalue weighted by Crippen LogP contribution is 2.77. The number of aromatic nitrogens is 2. The van der Waals surface area contributed by atoms with E-state index in [0.717, 1.165) is 62.5 Å². The summed E-state index contributed by atoms with van der Waals surface area (Å²) in [5, 5.41) is 9.52. The number of ketones is 1. The first kappa shape index (κ1) is 38.3. The number of nitrogens with two attached hydrogens (primary N) is 1. The lowest BCUT2D eigenvalue weighted by atomic mass is 9.33. The Bertz CT molecular complexity index is 1860. The van der Waals surface area contributed by atoms with Gasteiger partial charge in [-0.15, -0.1) is 10.2 Å². The molecule has 1 aromatic carbocycles. The number of esters is 1. The van der Waals surface area contributed by atoms with Crippen LogP contribution in [0.25, 0.3) is 11.5 Å². The van der Waals surface area contributed by atoms with Crippen LogP contribution < -0.4 is 5.73 Å². The Morgan fingerprint density at radius 3 is 2.36 bits per heavy atom. The molecule has 0 spiro atoms. The maximum Gasteiger partial charge on any atom is 0.307 e. The molecule has 0 aliphatic heterocycles. The third-order valence-corrected chi connectivity index (χ3v) is 16.4. The fourth-order valence-corrected chi connectivity index (χ4v) is 13.4. The van der Waals surface area contributed by atoms with Crippen LogP contribution in [0.5, 0.6) is 0 Å². The molecule has 8 atom stereocenters. The van der Waals surface area contributed by atoms with Gasteiger partial charge in [-0.2, -0.15) is 0 Å². The third-order valence-electron chi connectivity index (χ3n) is 16.1. The lowest BCUT2D eigenvalue weighted by molar-refractivity contribution is -0.233. The Morgan fingerprint density at radius 2 is 1.68 bits per heavy atom. The topological polar surface area (TPSA) is 125 Å². The van der Waals surface area contributed by atoms with Gasteiger partial charge >= 0.3 is 5.97 Å². The molecule has 8 nitrogen and oxygen atoms in total. The number of Topliss-reactive ketones (excluding diaryl/α,β-unsaturated/α-hetero) is 1. The fraction of sp³-hybridized carbons (Fsp3) is 0.705. The van der Waals surface area contributed by atoms with Gasteiger partial charge in [-0.3, -0.25) is 14.4 Å². The second-order valence-electron chi connectivity index (χ2n) is 19.9. The predicted molar refractivity (Wildman–Crippen MR) is 205 cm³/mol. The summed E-state index contributed by atoms with van der Waals surface area (Å²) < 4.78 is 12.5. The summed E-state index contributed by atoms with van der Waals surface area (Å²) in [6.45, 7) is 20.1. The van der Waals surface area contributed by atoms with Gasteiger partial charge in [0, 0.05) is 23.7 Å². The van der Waals surface area contributed by atoms with Crippen LogP contribution in [0.4, 0.5) is 0 Å². The zero-order chi connectivity index (χ0) is 38.5. The molecular weight excluding hydrogens is 686 g/mol. The largest absolute Gasteiger partial charge is 0.462 e. The summed E-state index contributed by atoms with van der Waals surface area (Å²) in [4.78, 5) is 39.3. The highest BCUT2D eigenvalue weighted by atomic mass is 35.5. The van der Waals surface area contributed by atoms with Gasteiger partial charge in [-0.1, -0.05) is 91.6 Å². The van der Waals surface area contributed by atoms with Crippen LogP contribution in [-0.4, -0.2) is 34.0 Å². The summed E-state index contributed by atoms with van der Waals surface area (Å²) in [5.41, 5.74) is 7.49. The number of hydrogen-bond acceptors (Lipinski definition) is 7. The summed E-state index contributed by atoms with van der Waals surface area (Å²) in [5.74, 6) is 1.83. The van der Waals surface area contributed by atoms with Crippen molar-refractivity contribution in [3.63, 3.8) is 0 Å². The quantitative estimate of drug-likeness (QED) is 0.267. The number of carbonyl (C=O) groups is 3. The number of hydrogen-bond donors (Lipinski definition) is 1. The minimum Gasteiger partial charge on any atom is -0.462 e. The number of ether oxygens (including phenoxy) is 1. The van der Waals surface area contributed by atoms with Crippen LogP contribution in [0.15, 0.2) is 39.8 Å². The Hall–Kier alpha value is -3.00. The molecule has 2 aromatic rings. The van der Waals surface area contributed by atoms with E-state index in [4.69, 9.17) is 26.5 Å². The molecule has 53 heavy (non-hydrogen) atoms. The maximum absolute atomic E-state index is 14.1. The van der Waals surface area contributed by atoms with Gasteiger partial charge in [0.2, 0.25) is 17.7 Å². The molecule has 0 radical (unpaired) electrons. The average Bonchev–Trinajstić information content (AvgIpc) is 3.64. The first-order valence-corrected chi connectivity index (χ1v) is 20.4. The highest BCUT2D eigenvalue weighted by Gasteiger charge is 2.70. The molecule has 9 heteroatoms. The van der Waals surface area contributed by atoms with Crippen molar-refractivity contribution >= 4 is 29.3 Å². The van der Waals surface area contributed by atoms with Crippen molar-refractivity contribution in [3.8, 4) is 11.5 Å². The number of amides is 1. The normalized spacial score (nSPS) is 36.4. The number of rotatable bonds is 8. The Labute approximate surface area is 320 Å². The standard InChI is InChI=1S/C44H60ClN3O5/c1-25(2)35-29(49)22-44(23-33-47-48-37(53-33)26-12-10-11-13-28(26)45)21-20-42(8)27(36(35)44)14-15-31-41(7)18-17-32(52-34(50)24-39(3,4)38(46)51)40(5,6)30(41)16-19-43(31,42)9/h10-13,25,27,30-32H,14-24H2,1-9H3,(H2,46,51)/t27-,30+,31-,32+,41+,42-,43-,44+/m1/s1. The molecule has 7 rings (SSSR count). The third kappa shape index (κ3) is 5.77. The summed E-state index contributed by atoms with van der Waals surface area (Å²) in [6, 6.07) is 7.53. The monoisotopic (exact) mass is 745 g/mol. The molecule has 0 unspecified atom stereocenters. The van der Waals surface area contributed by atoms with Crippen molar-refractivity contribution in [3.05, 3.63) is 46.3 Å². The van der Waals surface area contributed by atoms with Gasteiger partial charge < -0.3 is 14.9 Å². The van der Waals surface area contributed by atoms with Crippen LogP contribution in [-0.2, 0) is 25.5 Å². The smallest absolute Gasteiger partial charge is 0.307 e. The minimum atomic E-state index is -0.942. The number of benzene rings is 1. The zero-order valence-electron chi connectivity index (χ0n) is 33.4. The molecule has 4 fully saturated rings. The first-order chi connectivity index (χ1) is 24.7. The minimum absolute atomic E-state index is 0.00939. The second kappa shape index (κ2) is 12.8. The van der Waals surface area contributed by atoms with Crippen LogP contribution >= 0.6 is 11.6 Å². The molecule has 1 aromatic heterocycles. The van der Waals surface area contributed by atoms with Crippen molar-refractivity contribution < 1.29 is 23.5 Å². The number of nitrogens with zero attached hydrogens (tertiary/aromatic N) is 2. The van der Waals surface area contributed by atoms with Gasteiger partial charge in [0.25, 0.3) is 0 Å². The van der Waals surface area contributed by atoms with E-state index >= 15 is 0 Å². The van der Waals surface area contributed by atoms with Crippen molar-refractivity contribution in [2.24, 2.45) is 61.9 Å². The van der Waals surface area contributed by atoms with E-state index in [0.29, 0.717) is 53.2 Å². The van der Waals surface area contributed by atoms with Crippen molar-refractivity contribution in [1.29, 1.82) is 0 Å². The van der Waals surface area contributed by atoms with Gasteiger partial charge in [-0.25, -0.2) is 0 Å². The fourth-order valence-electron chi connectivity index (χ4n) is 13.1. The molecular formula is C44H60ClN3O5. The van der Waals surface area contributed by atoms with E-state index in [2.05, 4.69) is 58.7 Å². The number of carbonyl (C=O) groups excluding carboxylic acids is 3. The highest BCUT2D eigenvalue weighted by molar-refractivity contribution is 6.33. The summed E-state index contributed by atoms with van der Waals surface area (Å²) >= 11 is 6.49. The molecule has 5 aliphatic carbocycles. The van der Waals surface area contributed by atoms with Gasteiger partial charge in [0.05, 0.1) is 22.4 Å². The molecule has 1 heterocycles. The zero-order valence-corrected chi connectivity index (χ0v) is 34.1. The van der Waals surface area contributed by atoms with E-state index in [1.165, 1.54) is 5.57 Å². The number of halogens is 1. The predicted octanol–water partition coefficient (Wildman–Crippen LogP) is 9.73. The van der Waals surface area contributed by atoms with Gasteiger partial charge in [0.15, 0.2) is 5.78 Å². The second-order valence-corrected chi connectivity index (χ2v) is 20.3.